The van der Waals surface area contributed by atoms with E-state index in [1.54, 1.807) is 18.2 Å². The molecule has 3 aromatic rings. The van der Waals surface area contributed by atoms with Gasteiger partial charge in [-0.05, 0) is 36.6 Å². The summed E-state index contributed by atoms with van der Waals surface area (Å²) >= 11 is 0. The molecule has 2 heterocycles. The van der Waals surface area contributed by atoms with Crippen molar-refractivity contribution in [2.24, 2.45) is 0 Å². The van der Waals surface area contributed by atoms with E-state index in [-0.39, 0.29) is 17.9 Å². The largest absolute Gasteiger partial charge is 0.398 e. The van der Waals surface area contributed by atoms with Crippen molar-refractivity contribution in [1.29, 1.82) is 0 Å². The molecule has 2 N–H and O–H groups in total. The van der Waals surface area contributed by atoms with Crippen LogP contribution in [0, 0.1) is 0 Å². The van der Waals surface area contributed by atoms with Gasteiger partial charge in [-0.3, -0.25) is 19.4 Å². The second kappa shape index (κ2) is 7.01. The number of anilines is 1. The summed E-state index contributed by atoms with van der Waals surface area (Å²) in [4.78, 5) is 30.4. The first-order chi connectivity index (χ1) is 14.1. The number of imide groups is 1. The maximum atomic E-state index is 13.2. The van der Waals surface area contributed by atoms with Gasteiger partial charge >= 0.3 is 0 Å². The number of hydrogen-bond acceptors (Lipinski definition) is 4. The number of likely N-dealkylation sites (tertiary alicyclic amines) is 1. The minimum Gasteiger partial charge on any atom is -0.398 e. The first kappa shape index (κ1) is 17.9. The summed E-state index contributed by atoms with van der Waals surface area (Å²) in [6, 6.07) is 19.4. The highest BCUT2D eigenvalue weighted by atomic mass is 16.2. The Labute approximate surface area is 169 Å². The number of benzene rings is 3. The SMILES string of the molecule is Nc1ccc2c3c(cccc13)C(=O)N(C1CCN(Cc3ccccc3)CC1)C2=O. The summed E-state index contributed by atoms with van der Waals surface area (Å²) in [5.41, 5.74) is 9.12. The molecule has 29 heavy (non-hydrogen) atoms. The molecule has 0 unspecified atom stereocenters. The van der Waals surface area contributed by atoms with Gasteiger partial charge in [0.25, 0.3) is 11.8 Å². The van der Waals surface area contributed by atoms with E-state index in [9.17, 15) is 9.59 Å². The molecular weight excluding hydrogens is 362 g/mol. The number of carbonyl (C=O) groups excluding carboxylic acids is 2. The number of nitrogens with zero attached hydrogens (tertiary/aromatic N) is 2. The van der Waals surface area contributed by atoms with Crippen LogP contribution in [0.5, 0.6) is 0 Å². The highest BCUT2D eigenvalue weighted by Gasteiger charge is 2.38. The average molecular weight is 385 g/mol. The standard InChI is InChI=1S/C24H23N3O2/c25-21-10-9-20-22-18(21)7-4-8-19(22)23(28)27(24(20)29)17-11-13-26(14-12-17)15-16-5-2-1-3-6-16/h1-10,17H,11-15,25H2. The predicted octanol–water partition coefficient (Wildman–Crippen LogP) is 3.68. The molecule has 0 radical (unpaired) electrons. The number of nitrogen functional groups attached to an aromatic ring is 1. The number of hydrogen-bond donors (Lipinski definition) is 1. The van der Waals surface area contributed by atoms with E-state index in [0.717, 1.165) is 37.9 Å². The molecule has 1 fully saturated rings. The maximum Gasteiger partial charge on any atom is 0.261 e. The van der Waals surface area contributed by atoms with Crippen LogP contribution in [0.4, 0.5) is 5.69 Å². The molecule has 0 atom stereocenters. The molecule has 5 rings (SSSR count). The van der Waals surface area contributed by atoms with Crippen molar-refractivity contribution in [3.63, 3.8) is 0 Å². The Kier molecular flexibility index (Phi) is 4.32. The molecule has 2 amide bonds. The van der Waals surface area contributed by atoms with Crippen molar-refractivity contribution >= 4 is 28.3 Å². The van der Waals surface area contributed by atoms with E-state index in [4.69, 9.17) is 5.73 Å². The van der Waals surface area contributed by atoms with Crippen LogP contribution in [0.25, 0.3) is 10.8 Å². The van der Waals surface area contributed by atoms with E-state index in [0.29, 0.717) is 22.2 Å². The topological polar surface area (TPSA) is 66.6 Å². The van der Waals surface area contributed by atoms with Gasteiger partial charge in [0, 0.05) is 53.3 Å². The average Bonchev–Trinajstić information content (AvgIpc) is 2.75. The Bertz CT molecular complexity index is 1080. The summed E-state index contributed by atoms with van der Waals surface area (Å²) < 4.78 is 0. The fourth-order valence-corrected chi connectivity index (χ4v) is 4.65. The lowest BCUT2D eigenvalue weighted by atomic mass is 9.90. The summed E-state index contributed by atoms with van der Waals surface area (Å²) in [7, 11) is 0. The van der Waals surface area contributed by atoms with E-state index in [1.807, 2.05) is 18.2 Å². The Balaban J connectivity index is 1.38. The number of rotatable bonds is 3. The maximum absolute atomic E-state index is 13.2. The van der Waals surface area contributed by atoms with Crippen LogP contribution in [-0.4, -0.2) is 40.7 Å². The molecule has 0 spiro atoms. The number of nitrogens with two attached hydrogens (primary N) is 1. The molecule has 1 saturated heterocycles. The zero-order chi connectivity index (χ0) is 20.0. The number of carbonyl (C=O) groups is 2. The molecule has 5 nitrogen and oxygen atoms in total. The Morgan fingerprint density at radius 1 is 0.828 bits per heavy atom. The van der Waals surface area contributed by atoms with Gasteiger partial charge < -0.3 is 5.73 Å². The normalized spacial score (nSPS) is 17.9. The Morgan fingerprint density at radius 2 is 1.52 bits per heavy atom. The molecule has 2 aliphatic rings. The summed E-state index contributed by atoms with van der Waals surface area (Å²) in [6.45, 7) is 2.64. The minimum absolute atomic E-state index is 0.0667. The molecule has 146 valence electrons. The van der Waals surface area contributed by atoms with Crippen molar-refractivity contribution in [1.82, 2.24) is 9.80 Å². The fourth-order valence-electron chi connectivity index (χ4n) is 4.65. The van der Waals surface area contributed by atoms with E-state index in [2.05, 4.69) is 29.2 Å². The van der Waals surface area contributed by atoms with E-state index < -0.39 is 0 Å². The quantitative estimate of drug-likeness (QED) is 0.552. The number of amides is 2. The zero-order valence-electron chi connectivity index (χ0n) is 16.2. The van der Waals surface area contributed by atoms with Crippen molar-refractivity contribution in [3.8, 4) is 0 Å². The summed E-state index contributed by atoms with van der Waals surface area (Å²) in [6.07, 6.45) is 1.59. The molecule has 0 aromatic heterocycles. The molecule has 3 aromatic carbocycles. The van der Waals surface area contributed by atoms with Crippen LogP contribution in [0.15, 0.2) is 60.7 Å². The van der Waals surface area contributed by atoms with Gasteiger partial charge in [-0.25, -0.2) is 0 Å². The van der Waals surface area contributed by atoms with Crippen LogP contribution in [-0.2, 0) is 6.54 Å². The van der Waals surface area contributed by atoms with Crippen LogP contribution in [0.1, 0.15) is 39.1 Å². The van der Waals surface area contributed by atoms with Crippen molar-refractivity contribution in [2.75, 3.05) is 18.8 Å². The third kappa shape index (κ3) is 2.98. The minimum atomic E-state index is -0.194. The molecule has 0 saturated carbocycles. The van der Waals surface area contributed by atoms with Gasteiger partial charge in [-0.2, -0.15) is 0 Å². The fraction of sp³-hybridized carbons (Fsp3) is 0.250. The van der Waals surface area contributed by atoms with Crippen LogP contribution in [0.2, 0.25) is 0 Å². The van der Waals surface area contributed by atoms with Gasteiger partial charge in [0.05, 0.1) is 0 Å². The van der Waals surface area contributed by atoms with Crippen molar-refractivity contribution in [3.05, 3.63) is 77.4 Å². The van der Waals surface area contributed by atoms with Gasteiger partial charge in [-0.15, -0.1) is 0 Å². The van der Waals surface area contributed by atoms with Gasteiger partial charge in [0.15, 0.2) is 0 Å². The first-order valence-corrected chi connectivity index (χ1v) is 10.1. The second-order valence-electron chi connectivity index (χ2n) is 7.90. The summed E-state index contributed by atoms with van der Waals surface area (Å²) in [5, 5.41) is 1.47. The first-order valence-electron chi connectivity index (χ1n) is 10.1. The lowest BCUT2D eigenvalue weighted by Crippen LogP contribution is -2.51. The molecule has 2 aliphatic heterocycles. The van der Waals surface area contributed by atoms with Crippen molar-refractivity contribution < 1.29 is 9.59 Å². The van der Waals surface area contributed by atoms with E-state index in [1.165, 1.54) is 10.5 Å². The van der Waals surface area contributed by atoms with Crippen molar-refractivity contribution in [2.45, 2.75) is 25.4 Å². The predicted molar refractivity (Wildman–Crippen MR) is 114 cm³/mol. The second-order valence-corrected chi connectivity index (χ2v) is 7.90. The van der Waals surface area contributed by atoms with E-state index >= 15 is 0 Å². The molecule has 5 heteroatoms. The third-order valence-corrected chi connectivity index (χ3v) is 6.14. The zero-order valence-corrected chi connectivity index (χ0v) is 16.2. The molecule has 0 bridgehead atoms. The lowest BCUT2D eigenvalue weighted by Gasteiger charge is -2.39. The smallest absolute Gasteiger partial charge is 0.261 e. The molecule has 0 aliphatic carbocycles. The molecular formula is C24H23N3O2. The highest BCUT2D eigenvalue weighted by molar-refractivity contribution is 6.26. The Morgan fingerprint density at radius 3 is 2.24 bits per heavy atom. The highest BCUT2D eigenvalue weighted by Crippen LogP contribution is 2.35. The Hall–Kier alpha value is -3.18. The van der Waals surface area contributed by atoms with Crippen LogP contribution in [0.3, 0.4) is 0 Å². The third-order valence-electron chi connectivity index (χ3n) is 6.14. The van der Waals surface area contributed by atoms with Gasteiger partial charge in [-0.1, -0.05) is 42.5 Å². The number of piperidine rings is 1. The van der Waals surface area contributed by atoms with Gasteiger partial charge in [0.2, 0.25) is 0 Å². The van der Waals surface area contributed by atoms with Crippen LogP contribution < -0.4 is 5.73 Å². The lowest BCUT2D eigenvalue weighted by molar-refractivity contribution is 0.0453. The van der Waals surface area contributed by atoms with Gasteiger partial charge in [0.1, 0.15) is 0 Å². The van der Waals surface area contributed by atoms with Crippen LogP contribution >= 0.6 is 0 Å². The monoisotopic (exact) mass is 385 g/mol. The summed E-state index contributed by atoms with van der Waals surface area (Å²) in [5.74, 6) is -0.389.